The minimum absolute atomic E-state index is 0.125. The lowest BCUT2D eigenvalue weighted by Gasteiger charge is -2.14. The van der Waals surface area contributed by atoms with Gasteiger partial charge in [-0.2, -0.15) is 0 Å². The Morgan fingerprint density at radius 2 is 1.77 bits per heavy atom. The molecule has 2 aromatic carbocycles. The summed E-state index contributed by atoms with van der Waals surface area (Å²) in [7, 11) is 0. The van der Waals surface area contributed by atoms with Gasteiger partial charge in [0.15, 0.2) is 5.75 Å². The molecule has 0 N–H and O–H groups in total. The predicted molar refractivity (Wildman–Crippen MR) is 126 cm³/mol. The van der Waals surface area contributed by atoms with E-state index in [-0.39, 0.29) is 17.7 Å². The van der Waals surface area contributed by atoms with E-state index in [1.165, 1.54) is 6.08 Å². The average molecular weight is 491 g/mol. The highest BCUT2D eigenvalue weighted by Crippen LogP contribution is 2.37. The molecule has 0 saturated carbocycles. The fourth-order valence-electron chi connectivity index (χ4n) is 2.51. The molecular formula is C22H23Cl4NO3. The van der Waals surface area contributed by atoms with E-state index >= 15 is 0 Å². The van der Waals surface area contributed by atoms with Crippen LogP contribution in [0.2, 0.25) is 10.0 Å². The van der Waals surface area contributed by atoms with E-state index in [1.54, 1.807) is 12.1 Å². The van der Waals surface area contributed by atoms with Crippen molar-refractivity contribution in [3.63, 3.8) is 0 Å². The van der Waals surface area contributed by atoms with Gasteiger partial charge in [0, 0.05) is 17.7 Å². The van der Waals surface area contributed by atoms with Crippen LogP contribution in [0.25, 0.3) is 0 Å². The topological polar surface area (TPSA) is 40.0 Å². The van der Waals surface area contributed by atoms with Crippen molar-refractivity contribution >= 4 is 52.1 Å². The van der Waals surface area contributed by atoms with Crippen LogP contribution in [0, 0.1) is 0 Å². The summed E-state index contributed by atoms with van der Waals surface area (Å²) in [5, 5.41) is 4.88. The SMILES string of the molecule is CCCCO/N=C(\C)c1ccccc1COc1c(Cl)cc(OCC=C(Cl)Cl)cc1Cl. The molecule has 0 aliphatic rings. The third kappa shape index (κ3) is 7.92. The molecule has 4 nitrogen and oxygen atoms in total. The number of oxime groups is 1. The second-order valence-corrected chi connectivity index (χ2v) is 8.15. The molecule has 0 unspecified atom stereocenters. The zero-order valence-corrected chi connectivity index (χ0v) is 19.8. The molecule has 0 aliphatic heterocycles. The van der Waals surface area contributed by atoms with Gasteiger partial charge in [0.2, 0.25) is 0 Å². The molecule has 0 bridgehead atoms. The number of ether oxygens (including phenoxy) is 2. The first kappa shape index (κ1) is 24.7. The normalized spacial score (nSPS) is 11.2. The van der Waals surface area contributed by atoms with Gasteiger partial charge in [-0.15, -0.1) is 0 Å². The molecule has 0 amide bonds. The van der Waals surface area contributed by atoms with E-state index in [0.29, 0.717) is 28.2 Å². The van der Waals surface area contributed by atoms with Crippen LogP contribution in [0.5, 0.6) is 11.5 Å². The maximum absolute atomic E-state index is 6.34. The van der Waals surface area contributed by atoms with E-state index in [1.807, 2.05) is 31.2 Å². The summed E-state index contributed by atoms with van der Waals surface area (Å²) in [6.45, 7) is 5.06. The van der Waals surface area contributed by atoms with E-state index in [9.17, 15) is 0 Å². The third-order valence-corrected chi connectivity index (χ3v) is 4.90. The second-order valence-electron chi connectivity index (χ2n) is 6.33. The maximum Gasteiger partial charge on any atom is 0.157 e. The maximum atomic E-state index is 6.34. The van der Waals surface area contributed by atoms with Gasteiger partial charge >= 0.3 is 0 Å². The fourth-order valence-corrected chi connectivity index (χ4v) is 3.21. The van der Waals surface area contributed by atoms with Gasteiger partial charge < -0.3 is 14.3 Å². The lowest BCUT2D eigenvalue weighted by molar-refractivity contribution is 0.141. The Labute approximate surface area is 197 Å². The number of nitrogens with zero attached hydrogens (tertiary/aromatic N) is 1. The summed E-state index contributed by atoms with van der Waals surface area (Å²) in [5.74, 6) is 0.857. The molecule has 0 aromatic heterocycles. The molecule has 0 radical (unpaired) electrons. The van der Waals surface area contributed by atoms with Gasteiger partial charge in [-0.3, -0.25) is 0 Å². The van der Waals surface area contributed by atoms with Crippen molar-refractivity contribution in [3.8, 4) is 11.5 Å². The predicted octanol–water partition coefficient (Wildman–Crippen LogP) is 7.81. The molecule has 2 rings (SSSR count). The Morgan fingerprint density at radius 1 is 1.07 bits per heavy atom. The van der Waals surface area contributed by atoms with Crippen molar-refractivity contribution in [2.45, 2.75) is 33.3 Å². The zero-order valence-electron chi connectivity index (χ0n) is 16.8. The quantitative estimate of drug-likeness (QED) is 0.183. The van der Waals surface area contributed by atoms with Gasteiger partial charge in [0.25, 0.3) is 0 Å². The summed E-state index contributed by atoms with van der Waals surface area (Å²) in [6.07, 6.45) is 3.54. The van der Waals surface area contributed by atoms with Gasteiger partial charge in [0.05, 0.1) is 15.8 Å². The van der Waals surface area contributed by atoms with Crippen molar-refractivity contribution in [1.29, 1.82) is 0 Å². The van der Waals surface area contributed by atoms with Gasteiger partial charge in [0.1, 0.15) is 30.1 Å². The first-order valence-corrected chi connectivity index (χ1v) is 10.9. The number of hydrogen-bond acceptors (Lipinski definition) is 4. The van der Waals surface area contributed by atoms with Crippen LogP contribution in [0.3, 0.4) is 0 Å². The van der Waals surface area contributed by atoms with Crippen molar-refractivity contribution in [3.05, 3.63) is 68.1 Å². The number of hydrogen-bond donors (Lipinski definition) is 0. The van der Waals surface area contributed by atoms with Crippen LogP contribution in [0.4, 0.5) is 0 Å². The summed E-state index contributed by atoms with van der Waals surface area (Å²) in [4.78, 5) is 5.38. The molecule has 0 saturated heterocycles. The molecule has 162 valence electrons. The highest BCUT2D eigenvalue weighted by molar-refractivity contribution is 6.55. The zero-order chi connectivity index (χ0) is 21.9. The van der Waals surface area contributed by atoms with Crippen LogP contribution in [-0.2, 0) is 11.4 Å². The summed E-state index contributed by atoms with van der Waals surface area (Å²) >= 11 is 23.8. The monoisotopic (exact) mass is 489 g/mol. The van der Waals surface area contributed by atoms with Crippen LogP contribution < -0.4 is 9.47 Å². The lowest BCUT2D eigenvalue weighted by Crippen LogP contribution is -2.06. The van der Waals surface area contributed by atoms with Crippen LogP contribution in [-0.4, -0.2) is 18.9 Å². The molecule has 0 aliphatic carbocycles. The lowest BCUT2D eigenvalue weighted by atomic mass is 10.0. The van der Waals surface area contributed by atoms with Crippen molar-refractivity contribution in [1.82, 2.24) is 0 Å². The fraction of sp³-hybridized carbons (Fsp3) is 0.318. The molecular weight excluding hydrogens is 468 g/mol. The Hall–Kier alpha value is -1.59. The van der Waals surface area contributed by atoms with Gasteiger partial charge in [-0.1, -0.05) is 89.2 Å². The van der Waals surface area contributed by atoms with E-state index in [0.717, 1.165) is 29.7 Å². The van der Waals surface area contributed by atoms with Gasteiger partial charge in [-0.25, -0.2) is 0 Å². The Bertz CT molecular complexity index is 873. The molecule has 0 fully saturated rings. The minimum Gasteiger partial charge on any atom is -0.489 e. The van der Waals surface area contributed by atoms with Crippen molar-refractivity contribution < 1.29 is 14.3 Å². The van der Waals surface area contributed by atoms with Crippen LogP contribution in [0.1, 0.15) is 37.8 Å². The van der Waals surface area contributed by atoms with Crippen molar-refractivity contribution in [2.75, 3.05) is 13.2 Å². The summed E-state index contributed by atoms with van der Waals surface area (Å²) < 4.78 is 11.5. The number of halogens is 4. The smallest absolute Gasteiger partial charge is 0.157 e. The second kappa shape index (κ2) is 13.0. The van der Waals surface area contributed by atoms with Crippen LogP contribution >= 0.6 is 46.4 Å². The highest BCUT2D eigenvalue weighted by atomic mass is 35.5. The van der Waals surface area contributed by atoms with E-state index in [2.05, 4.69) is 12.1 Å². The van der Waals surface area contributed by atoms with E-state index in [4.69, 9.17) is 60.7 Å². The number of benzene rings is 2. The average Bonchev–Trinajstić information content (AvgIpc) is 2.70. The third-order valence-electron chi connectivity index (χ3n) is 4.03. The van der Waals surface area contributed by atoms with E-state index < -0.39 is 0 Å². The number of rotatable bonds is 11. The summed E-state index contributed by atoms with van der Waals surface area (Å²) in [6, 6.07) is 11.1. The molecule has 0 heterocycles. The molecule has 2 aromatic rings. The molecule has 8 heteroatoms. The molecule has 0 spiro atoms. The Balaban J connectivity index is 2.09. The van der Waals surface area contributed by atoms with Crippen molar-refractivity contribution in [2.24, 2.45) is 5.16 Å². The first-order chi connectivity index (χ1) is 14.4. The Morgan fingerprint density at radius 3 is 2.43 bits per heavy atom. The van der Waals surface area contributed by atoms with Gasteiger partial charge in [-0.05, 0) is 25.0 Å². The molecule has 0 atom stereocenters. The first-order valence-electron chi connectivity index (χ1n) is 9.43. The highest BCUT2D eigenvalue weighted by Gasteiger charge is 2.13. The largest absolute Gasteiger partial charge is 0.489 e. The summed E-state index contributed by atoms with van der Waals surface area (Å²) in [5.41, 5.74) is 2.65. The Kier molecular flexibility index (Phi) is 10.7. The number of unbranched alkanes of at least 4 members (excludes halogenated alkanes) is 1. The standard InChI is InChI=1S/C22H23Cl4NO3/c1-3-4-10-30-27-15(2)18-8-6-5-7-16(18)14-29-22-19(23)12-17(13-20(22)24)28-11-9-21(25)26/h5-9,12-13H,3-4,10-11,14H2,1-2H3/b27-15+. The molecule has 30 heavy (non-hydrogen) atoms. The minimum atomic E-state index is 0.125. The van der Waals surface area contributed by atoms with Crippen LogP contribution in [0.15, 0.2) is 52.1 Å².